The Labute approximate surface area is 223 Å². The first-order chi connectivity index (χ1) is 17.8. The van der Waals surface area contributed by atoms with Gasteiger partial charge in [0.2, 0.25) is 0 Å². The molecular weight excluding hydrogens is 438 g/mol. The molecule has 0 aliphatic carbocycles. The highest BCUT2D eigenvalue weighted by molar-refractivity contribution is 5.48. The summed E-state index contributed by atoms with van der Waals surface area (Å²) in [6, 6.07) is 4.29. The summed E-state index contributed by atoms with van der Waals surface area (Å²) in [7, 11) is 0. The number of nitrogens with zero attached hydrogens (tertiary/aromatic N) is 3. The molecule has 3 heteroatoms. The van der Waals surface area contributed by atoms with Gasteiger partial charge in [0.1, 0.15) is 5.69 Å². The molecule has 3 nitrogen and oxygen atoms in total. The van der Waals surface area contributed by atoms with Gasteiger partial charge in [-0.25, -0.2) is 9.97 Å². The predicted molar refractivity (Wildman–Crippen MR) is 156 cm³/mol. The quantitative estimate of drug-likeness (QED) is 0.144. The summed E-state index contributed by atoms with van der Waals surface area (Å²) < 4.78 is 0. The molecule has 0 atom stereocenters. The summed E-state index contributed by atoms with van der Waals surface area (Å²) in [6.07, 6.45) is 35.8. The zero-order chi connectivity index (χ0) is 25.5. The molecule has 0 N–H and O–H groups in total. The number of hydrogen-bond acceptors (Lipinski definition) is 3. The minimum atomic E-state index is 0.743. The highest BCUT2D eigenvalue weighted by atomic mass is 14.9. The second kappa shape index (κ2) is 21.3. The van der Waals surface area contributed by atoms with Crippen LogP contribution in [0.5, 0.6) is 0 Å². The number of pyridine rings is 1. The van der Waals surface area contributed by atoms with Crippen molar-refractivity contribution in [2.24, 2.45) is 0 Å². The van der Waals surface area contributed by atoms with Crippen LogP contribution in [0, 0.1) is 0 Å². The Bertz CT molecular complexity index is 673. The van der Waals surface area contributed by atoms with Crippen LogP contribution >= 0.6 is 0 Å². The first kappa shape index (κ1) is 30.5. The van der Waals surface area contributed by atoms with Crippen LogP contribution in [0.4, 0.5) is 0 Å². The minimum absolute atomic E-state index is 0.743. The van der Waals surface area contributed by atoms with Gasteiger partial charge in [-0.3, -0.25) is 4.98 Å². The number of rotatable bonds is 23. The molecule has 2 heterocycles. The zero-order valence-corrected chi connectivity index (χ0v) is 23.8. The minimum Gasteiger partial charge on any atom is -0.253 e. The van der Waals surface area contributed by atoms with Crippen LogP contribution < -0.4 is 0 Å². The average Bonchev–Trinajstić information content (AvgIpc) is 2.91. The zero-order valence-electron chi connectivity index (χ0n) is 23.8. The molecule has 0 unspecified atom stereocenters. The topological polar surface area (TPSA) is 38.7 Å². The Morgan fingerprint density at radius 2 is 0.806 bits per heavy atom. The van der Waals surface area contributed by atoms with Crippen molar-refractivity contribution in [2.75, 3.05) is 0 Å². The third-order valence-corrected chi connectivity index (χ3v) is 7.40. The standard InChI is InChI=1S/C33H55N3/c1-3-5-7-9-11-13-15-17-19-21-23-30-25-26-32(34-27-30)33-35-28-31(29-36-33)24-22-20-18-16-14-12-10-8-6-4-2/h25-29H,3-24H2,1-2H3. The molecule has 0 aliphatic rings. The summed E-state index contributed by atoms with van der Waals surface area (Å²) in [6.45, 7) is 4.57. The SMILES string of the molecule is CCCCCCCCCCCCc1ccc(-c2ncc(CCCCCCCCCCCC)cn2)nc1. The summed E-state index contributed by atoms with van der Waals surface area (Å²) >= 11 is 0. The fraction of sp³-hybridized carbons (Fsp3) is 0.727. The number of aryl methyl sites for hydroxylation is 2. The first-order valence-corrected chi connectivity index (χ1v) is 15.6. The van der Waals surface area contributed by atoms with Gasteiger partial charge in [-0.15, -0.1) is 0 Å². The van der Waals surface area contributed by atoms with Crippen molar-refractivity contribution in [2.45, 2.75) is 155 Å². The number of aromatic nitrogens is 3. The largest absolute Gasteiger partial charge is 0.253 e. The van der Waals surface area contributed by atoms with E-state index in [1.165, 1.54) is 140 Å². The molecule has 0 saturated carbocycles. The fourth-order valence-corrected chi connectivity index (χ4v) is 4.95. The molecule has 2 rings (SSSR count). The second-order valence-corrected chi connectivity index (χ2v) is 10.8. The van der Waals surface area contributed by atoms with Crippen molar-refractivity contribution in [1.29, 1.82) is 0 Å². The van der Waals surface area contributed by atoms with Crippen molar-refractivity contribution in [3.05, 3.63) is 41.9 Å². The Balaban J connectivity index is 1.53. The molecule has 0 amide bonds. The van der Waals surface area contributed by atoms with Gasteiger partial charge in [-0.1, -0.05) is 135 Å². The molecule has 0 aromatic carbocycles. The lowest BCUT2D eigenvalue weighted by atomic mass is 10.0. The van der Waals surface area contributed by atoms with Crippen molar-refractivity contribution in [3.63, 3.8) is 0 Å². The lowest BCUT2D eigenvalue weighted by Gasteiger charge is -2.05. The van der Waals surface area contributed by atoms with E-state index in [9.17, 15) is 0 Å². The van der Waals surface area contributed by atoms with Gasteiger partial charge in [0.25, 0.3) is 0 Å². The van der Waals surface area contributed by atoms with E-state index < -0.39 is 0 Å². The molecule has 36 heavy (non-hydrogen) atoms. The lowest BCUT2D eigenvalue weighted by molar-refractivity contribution is 0.556. The summed E-state index contributed by atoms with van der Waals surface area (Å²) in [5.41, 5.74) is 3.46. The molecule has 0 saturated heterocycles. The maximum atomic E-state index is 4.64. The van der Waals surface area contributed by atoms with E-state index in [-0.39, 0.29) is 0 Å². The van der Waals surface area contributed by atoms with Crippen LogP contribution in [0.3, 0.4) is 0 Å². The van der Waals surface area contributed by atoms with E-state index in [1.54, 1.807) is 0 Å². The molecule has 0 radical (unpaired) electrons. The summed E-state index contributed by atoms with van der Waals surface area (Å²) in [5.74, 6) is 0.743. The smallest absolute Gasteiger partial charge is 0.178 e. The third-order valence-electron chi connectivity index (χ3n) is 7.40. The number of unbranched alkanes of at least 4 members (excludes halogenated alkanes) is 18. The van der Waals surface area contributed by atoms with E-state index in [2.05, 4.69) is 40.9 Å². The van der Waals surface area contributed by atoms with Gasteiger partial charge in [-0.2, -0.15) is 0 Å². The molecule has 0 bridgehead atoms. The third kappa shape index (κ3) is 14.7. The predicted octanol–water partition coefficient (Wildman–Crippen LogP) is 10.5. The Morgan fingerprint density at radius 1 is 0.417 bits per heavy atom. The van der Waals surface area contributed by atoms with E-state index in [1.807, 2.05) is 18.6 Å². The Hall–Kier alpha value is -1.77. The average molecular weight is 494 g/mol. The molecule has 2 aromatic heterocycles. The van der Waals surface area contributed by atoms with Crippen LogP contribution in [0.1, 0.15) is 153 Å². The summed E-state index contributed by atoms with van der Waals surface area (Å²) in [5, 5.41) is 0. The van der Waals surface area contributed by atoms with Gasteiger partial charge < -0.3 is 0 Å². The van der Waals surface area contributed by atoms with Crippen LogP contribution in [0.25, 0.3) is 11.5 Å². The summed E-state index contributed by atoms with van der Waals surface area (Å²) in [4.78, 5) is 13.8. The van der Waals surface area contributed by atoms with Gasteiger partial charge >= 0.3 is 0 Å². The lowest BCUT2D eigenvalue weighted by Crippen LogP contribution is -1.96. The van der Waals surface area contributed by atoms with Gasteiger partial charge in [0, 0.05) is 18.6 Å². The molecule has 202 valence electrons. The van der Waals surface area contributed by atoms with Gasteiger partial charge in [-0.05, 0) is 42.9 Å². The first-order valence-electron chi connectivity index (χ1n) is 15.6. The molecular formula is C33H55N3. The van der Waals surface area contributed by atoms with Crippen molar-refractivity contribution >= 4 is 0 Å². The fourth-order valence-electron chi connectivity index (χ4n) is 4.95. The van der Waals surface area contributed by atoms with Crippen molar-refractivity contribution in [1.82, 2.24) is 15.0 Å². The Morgan fingerprint density at radius 3 is 1.22 bits per heavy atom. The highest BCUT2D eigenvalue weighted by Crippen LogP contribution is 2.16. The van der Waals surface area contributed by atoms with Crippen LogP contribution in [0.15, 0.2) is 30.7 Å². The monoisotopic (exact) mass is 493 g/mol. The van der Waals surface area contributed by atoms with Crippen LogP contribution in [-0.2, 0) is 12.8 Å². The van der Waals surface area contributed by atoms with E-state index in [0.29, 0.717) is 0 Å². The van der Waals surface area contributed by atoms with Gasteiger partial charge in [0.15, 0.2) is 5.82 Å². The van der Waals surface area contributed by atoms with E-state index in [0.717, 1.165) is 24.4 Å². The Kier molecular flexibility index (Phi) is 18.0. The maximum Gasteiger partial charge on any atom is 0.178 e. The van der Waals surface area contributed by atoms with E-state index >= 15 is 0 Å². The molecule has 0 fully saturated rings. The normalized spacial score (nSPS) is 11.3. The maximum absolute atomic E-state index is 4.64. The second-order valence-electron chi connectivity index (χ2n) is 10.8. The highest BCUT2D eigenvalue weighted by Gasteiger charge is 2.04. The molecule has 0 spiro atoms. The van der Waals surface area contributed by atoms with E-state index in [4.69, 9.17) is 0 Å². The number of hydrogen-bond donors (Lipinski definition) is 0. The van der Waals surface area contributed by atoms with Crippen LogP contribution in [0.2, 0.25) is 0 Å². The molecule has 0 aliphatic heterocycles. The van der Waals surface area contributed by atoms with Crippen molar-refractivity contribution < 1.29 is 0 Å². The molecule has 2 aromatic rings. The van der Waals surface area contributed by atoms with Crippen molar-refractivity contribution in [3.8, 4) is 11.5 Å². The van der Waals surface area contributed by atoms with Crippen LogP contribution in [-0.4, -0.2) is 15.0 Å². The van der Waals surface area contributed by atoms with Gasteiger partial charge in [0.05, 0.1) is 0 Å².